The maximum absolute atomic E-state index is 13.6. The minimum Gasteiger partial charge on any atom is -0.484 e. The summed E-state index contributed by atoms with van der Waals surface area (Å²) in [5.74, 6) is -5.61. The third-order valence-corrected chi connectivity index (χ3v) is 2.70. The number of halogens is 5. The second-order valence-electron chi connectivity index (χ2n) is 4.29. The van der Waals surface area contributed by atoms with Crippen molar-refractivity contribution in [1.29, 1.82) is 0 Å². The number of benzene rings is 1. The smallest absolute Gasteiger partial charge is 0.340 e. The molecule has 0 fully saturated rings. The van der Waals surface area contributed by atoms with E-state index in [1.54, 1.807) is 6.92 Å². The van der Waals surface area contributed by atoms with Crippen molar-refractivity contribution in [3.63, 3.8) is 0 Å². The molecule has 0 amide bonds. The van der Waals surface area contributed by atoms with Gasteiger partial charge in [-0.15, -0.1) is 0 Å². The van der Waals surface area contributed by atoms with Crippen molar-refractivity contribution in [3.8, 4) is 5.75 Å². The Morgan fingerprint density at radius 1 is 1.30 bits per heavy atom. The van der Waals surface area contributed by atoms with Crippen LogP contribution in [0.3, 0.4) is 0 Å². The van der Waals surface area contributed by atoms with Crippen molar-refractivity contribution < 1.29 is 26.7 Å². The fourth-order valence-electron chi connectivity index (χ4n) is 1.67. The summed E-state index contributed by atoms with van der Waals surface area (Å²) in [5, 5.41) is 2.97. The van der Waals surface area contributed by atoms with Gasteiger partial charge < -0.3 is 10.1 Å². The molecule has 0 radical (unpaired) electrons. The molecule has 7 heteroatoms. The number of ether oxygens (including phenoxy) is 1. The molecule has 0 heterocycles. The van der Waals surface area contributed by atoms with Crippen LogP contribution in [0.4, 0.5) is 22.0 Å². The van der Waals surface area contributed by atoms with Crippen molar-refractivity contribution in [3.05, 3.63) is 29.6 Å². The highest BCUT2D eigenvalue weighted by Crippen LogP contribution is 2.31. The highest BCUT2D eigenvalue weighted by Gasteiger charge is 2.42. The van der Waals surface area contributed by atoms with E-state index in [-0.39, 0.29) is 6.04 Å². The van der Waals surface area contributed by atoms with Crippen LogP contribution in [0.25, 0.3) is 0 Å². The Bertz CT molecular complexity index is 439. The SMILES string of the molecule is CCNC(C)c1cccc(F)c1OCC(F)(F)C(F)F. The Morgan fingerprint density at radius 2 is 1.95 bits per heavy atom. The number of alkyl halides is 4. The lowest BCUT2D eigenvalue weighted by atomic mass is 10.1. The molecule has 1 aromatic carbocycles. The van der Waals surface area contributed by atoms with E-state index in [1.165, 1.54) is 12.1 Å². The van der Waals surface area contributed by atoms with Crippen molar-refractivity contribution in [2.24, 2.45) is 0 Å². The topological polar surface area (TPSA) is 21.3 Å². The van der Waals surface area contributed by atoms with Crippen molar-refractivity contribution >= 4 is 0 Å². The Hall–Kier alpha value is -1.37. The minimum absolute atomic E-state index is 0.303. The van der Waals surface area contributed by atoms with E-state index in [4.69, 9.17) is 0 Å². The van der Waals surface area contributed by atoms with Gasteiger partial charge in [0.2, 0.25) is 0 Å². The Kier molecular flexibility index (Phi) is 5.74. The molecule has 0 saturated heterocycles. The predicted octanol–water partition coefficient (Wildman–Crippen LogP) is 3.78. The van der Waals surface area contributed by atoms with Crippen molar-refractivity contribution in [1.82, 2.24) is 5.32 Å². The fraction of sp³-hybridized carbons (Fsp3) is 0.538. The van der Waals surface area contributed by atoms with Crippen LogP contribution in [0, 0.1) is 5.82 Å². The van der Waals surface area contributed by atoms with Gasteiger partial charge in [-0.3, -0.25) is 0 Å². The zero-order valence-electron chi connectivity index (χ0n) is 11.1. The molecule has 1 atom stereocenters. The first kappa shape index (κ1) is 16.7. The van der Waals surface area contributed by atoms with Crippen molar-refractivity contribution in [2.45, 2.75) is 32.2 Å². The number of rotatable bonds is 7. The maximum atomic E-state index is 13.6. The van der Waals surface area contributed by atoms with Gasteiger partial charge in [-0.25, -0.2) is 13.2 Å². The van der Waals surface area contributed by atoms with Crippen LogP contribution in [0.15, 0.2) is 18.2 Å². The van der Waals surface area contributed by atoms with Gasteiger partial charge in [-0.1, -0.05) is 19.1 Å². The van der Waals surface area contributed by atoms with Gasteiger partial charge in [0.25, 0.3) is 0 Å². The van der Waals surface area contributed by atoms with E-state index >= 15 is 0 Å². The number of hydrogen-bond acceptors (Lipinski definition) is 2. The first-order valence-electron chi connectivity index (χ1n) is 6.10. The van der Waals surface area contributed by atoms with Gasteiger partial charge in [-0.2, -0.15) is 8.78 Å². The van der Waals surface area contributed by atoms with Gasteiger partial charge in [0.15, 0.2) is 18.2 Å². The summed E-state index contributed by atoms with van der Waals surface area (Å²) in [6, 6.07) is 3.56. The zero-order valence-corrected chi connectivity index (χ0v) is 11.1. The van der Waals surface area contributed by atoms with Gasteiger partial charge in [0.1, 0.15) is 0 Å². The van der Waals surface area contributed by atoms with E-state index in [9.17, 15) is 22.0 Å². The van der Waals surface area contributed by atoms with E-state index in [2.05, 4.69) is 10.1 Å². The number of hydrogen-bond donors (Lipinski definition) is 1. The van der Waals surface area contributed by atoms with Crippen LogP contribution in [0.5, 0.6) is 5.75 Å². The molecule has 1 unspecified atom stereocenters. The lowest BCUT2D eigenvalue weighted by molar-refractivity contribution is -0.148. The maximum Gasteiger partial charge on any atom is 0.340 e. The molecule has 0 saturated carbocycles. The first-order chi connectivity index (χ1) is 9.29. The Balaban J connectivity index is 2.94. The lowest BCUT2D eigenvalue weighted by Crippen LogP contribution is -2.34. The molecule has 0 aliphatic carbocycles. The molecule has 1 aromatic rings. The second-order valence-corrected chi connectivity index (χ2v) is 4.29. The molecule has 0 aromatic heterocycles. The summed E-state index contributed by atoms with van der Waals surface area (Å²) in [6.45, 7) is 2.51. The molecule has 114 valence electrons. The van der Waals surface area contributed by atoms with Crippen LogP contribution in [-0.4, -0.2) is 25.5 Å². The summed E-state index contributed by atoms with van der Waals surface area (Å²) >= 11 is 0. The quantitative estimate of drug-likeness (QED) is 0.773. The van der Waals surface area contributed by atoms with Crippen LogP contribution in [0.2, 0.25) is 0 Å². The monoisotopic (exact) mass is 297 g/mol. The highest BCUT2D eigenvalue weighted by atomic mass is 19.3. The molecule has 0 aliphatic heterocycles. The summed E-state index contributed by atoms with van der Waals surface area (Å²) in [6.07, 6.45) is -3.86. The minimum atomic E-state index is -4.32. The summed E-state index contributed by atoms with van der Waals surface area (Å²) in [5.41, 5.74) is 0.303. The van der Waals surface area contributed by atoms with E-state index in [1.807, 2.05) is 6.92 Å². The highest BCUT2D eigenvalue weighted by molar-refractivity contribution is 5.37. The standard InChI is InChI=1S/C13H16F5NO/c1-3-19-8(2)9-5-4-6-10(14)11(9)20-7-13(17,18)12(15)16/h4-6,8,12,19H,3,7H2,1-2H3. The largest absolute Gasteiger partial charge is 0.484 e. The van der Waals surface area contributed by atoms with Crippen LogP contribution < -0.4 is 10.1 Å². The average Bonchev–Trinajstić information content (AvgIpc) is 2.37. The number of para-hydroxylation sites is 1. The molecule has 20 heavy (non-hydrogen) atoms. The van der Waals surface area contributed by atoms with Gasteiger partial charge in [0, 0.05) is 11.6 Å². The van der Waals surface area contributed by atoms with E-state index in [0.717, 1.165) is 6.07 Å². The predicted molar refractivity (Wildman–Crippen MR) is 64.9 cm³/mol. The van der Waals surface area contributed by atoms with Crippen molar-refractivity contribution in [2.75, 3.05) is 13.2 Å². The van der Waals surface area contributed by atoms with Gasteiger partial charge in [0.05, 0.1) is 0 Å². The third-order valence-electron chi connectivity index (χ3n) is 2.70. The Morgan fingerprint density at radius 3 is 2.50 bits per heavy atom. The summed E-state index contributed by atoms with van der Waals surface area (Å²) in [7, 11) is 0. The third kappa shape index (κ3) is 4.06. The van der Waals surface area contributed by atoms with Gasteiger partial charge in [-0.05, 0) is 19.5 Å². The van der Waals surface area contributed by atoms with E-state index < -0.39 is 30.5 Å². The molecular weight excluding hydrogens is 281 g/mol. The lowest BCUT2D eigenvalue weighted by Gasteiger charge is -2.21. The zero-order chi connectivity index (χ0) is 15.3. The fourth-order valence-corrected chi connectivity index (χ4v) is 1.67. The van der Waals surface area contributed by atoms with Crippen LogP contribution >= 0.6 is 0 Å². The average molecular weight is 297 g/mol. The molecule has 1 rings (SSSR count). The summed E-state index contributed by atoms with van der Waals surface area (Å²) in [4.78, 5) is 0. The number of nitrogens with one attached hydrogen (secondary N) is 1. The molecule has 0 spiro atoms. The summed E-state index contributed by atoms with van der Waals surface area (Å²) < 4.78 is 68.0. The molecule has 0 bridgehead atoms. The Labute approximate surface area is 113 Å². The van der Waals surface area contributed by atoms with Gasteiger partial charge >= 0.3 is 12.3 Å². The normalized spacial score (nSPS) is 13.6. The molecular formula is C13H16F5NO. The molecule has 2 nitrogen and oxygen atoms in total. The van der Waals surface area contributed by atoms with Crippen LogP contribution in [-0.2, 0) is 0 Å². The van der Waals surface area contributed by atoms with Crippen LogP contribution in [0.1, 0.15) is 25.5 Å². The second kappa shape index (κ2) is 6.88. The van der Waals surface area contributed by atoms with E-state index in [0.29, 0.717) is 12.1 Å². The molecule has 0 aliphatic rings. The first-order valence-corrected chi connectivity index (χ1v) is 6.10. The molecule has 1 N–H and O–H groups in total.